The summed E-state index contributed by atoms with van der Waals surface area (Å²) in [6.07, 6.45) is 4.47. The van der Waals surface area contributed by atoms with Gasteiger partial charge in [0.05, 0.1) is 25.4 Å². The van der Waals surface area contributed by atoms with Gasteiger partial charge in [-0.15, -0.1) is 0 Å². The standard InChI is InChI=1S/C19H18F2N6O5S/c1-10-5-6-11-12(33(22,28)29)9-26(14(11)13(10)27-8-4-7-23-27)19-24-16(30-2)15(32-18(20)21)17(25-19)31-3/h4-9,18H,1-3H3,(H2,22,28,29). The molecule has 0 atom stereocenters. The number of hydrogen-bond acceptors (Lipinski definition) is 8. The molecular weight excluding hydrogens is 462 g/mol. The number of fused-ring (bicyclic) bond motifs is 1. The van der Waals surface area contributed by atoms with Crippen LogP contribution in [0.5, 0.6) is 17.5 Å². The molecule has 1 aromatic carbocycles. The molecule has 0 radical (unpaired) electrons. The van der Waals surface area contributed by atoms with Crippen LogP contribution in [0.15, 0.2) is 41.7 Å². The molecule has 4 aromatic rings. The van der Waals surface area contributed by atoms with Gasteiger partial charge in [0.25, 0.3) is 11.8 Å². The van der Waals surface area contributed by atoms with Gasteiger partial charge in [-0.05, 0) is 18.6 Å². The summed E-state index contributed by atoms with van der Waals surface area (Å²) in [5, 5.41) is 9.98. The summed E-state index contributed by atoms with van der Waals surface area (Å²) < 4.78 is 68.0. The van der Waals surface area contributed by atoms with E-state index in [0.29, 0.717) is 11.2 Å². The van der Waals surface area contributed by atoms with Gasteiger partial charge in [0.1, 0.15) is 4.90 Å². The van der Waals surface area contributed by atoms with E-state index >= 15 is 0 Å². The zero-order valence-electron chi connectivity index (χ0n) is 17.6. The molecule has 0 fully saturated rings. The second kappa shape index (κ2) is 8.29. The third kappa shape index (κ3) is 3.93. The Kier molecular flexibility index (Phi) is 5.63. The van der Waals surface area contributed by atoms with Gasteiger partial charge in [-0.25, -0.2) is 18.2 Å². The Morgan fingerprint density at radius 1 is 1.12 bits per heavy atom. The van der Waals surface area contributed by atoms with E-state index in [-0.39, 0.29) is 28.0 Å². The lowest BCUT2D eigenvalue weighted by Crippen LogP contribution is -2.12. The van der Waals surface area contributed by atoms with E-state index in [0.717, 1.165) is 5.56 Å². The van der Waals surface area contributed by atoms with E-state index in [1.807, 2.05) is 6.92 Å². The first-order valence-electron chi connectivity index (χ1n) is 9.28. The molecule has 33 heavy (non-hydrogen) atoms. The van der Waals surface area contributed by atoms with Crippen LogP contribution in [0.2, 0.25) is 0 Å². The van der Waals surface area contributed by atoms with Crippen molar-refractivity contribution < 1.29 is 31.4 Å². The summed E-state index contributed by atoms with van der Waals surface area (Å²) >= 11 is 0. The first kappa shape index (κ1) is 22.4. The Morgan fingerprint density at radius 2 is 1.79 bits per heavy atom. The molecule has 4 rings (SSSR count). The highest BCUT2D eigenvalue weighted by molar-refractivity contribution is 7.89. The Morgan fingerprint density at radius 3 is 2.30 bits per heavy atom. The SMILES string of the molecule is COc1nc(-n2cc(S(N)(=O)=O)c3ccc(C)c(-n4cccn4)c32)nc(OC)c1OC(F)F. The second-order valence-corrected chi connectivity index (χ2v) is 8.27. The Hall–Kier alpha value is -3.78. The predicted molar refractivity (Wildman–Crippen MR) is 112 cm³/mol. The maximum Gasteiger partial charge on any atom is 0.387 e. The third-order valence-electron chi connectivity index (χ3n) is 4.75. The van der Waals surface area contributed by atoms with Crippen molar-refractivity contribution in [1.29, 1.82) is 0 Å². The van der Waals surface area contributed by atoms with E-state index in [1.165, 1.54) is 25.0 Å². The number of primary sulfonamides is 1. The molecule has 3 aromatic heterocycles. The number of benzene rings is 1. The maximum atomic E-state index is 12.9. The number of nitrogens with two attached hydrogens (primary N) is 1. The Bertz CT molecular complexity index is 1410. The average Bonchev–Trinajstić information content (AvgIpc) is 3.41. The van der Waals surface area contributed by atoms with Crippen LogP contribution < -0.4 is 19.3 Å². The van der Waals surface area contributed by atoms with Crippen molar-refractivity contribution in [3.63, 3.8) is 0 Å². The molecule has 2 N–H and O–H groups in total. The van der Waals surface area contributed by atoms with E-state index in [2.05, 4.69) is 19.8 Å². The first-order valence-corrected chi connectivity index (χ1v) is 10.8. The number of aryl methyl sites for hydroxylation is 1. The van der Waals surface area contributed by atoms with E-state index < -0.39 is 22.4 Å². The van der Waals surface area contributed by atoms with Gasteiger partial charge in [0.2, 0.25) is 21.7 Å². The number of methoxy groups -OCH3 is 2. The summed E-state index contributed by atoms with van der Waals surface area (Å²) in [5.41, 5.74) is 1.64. The highest BCUT2D eigenvalue weighted by Crippen LogP contribution is 2.38. The summed E-state index contributed by atoms with van der Waals surface area (Å²) in [6.45, 7) is -1.37. The molecule has 0 amide bonds. The number of halogens is 2. The highest BCUT2D eigenvalue weighted by atomic mass is 32.2. The smallest absolute Gasteiger partial charge is 0.387 e. The molecule has 0 unspecified atom stereocenters. The van der Waals surface area contributed by atoms with Gasteiger partial charge in [0.15, 0.2) is 0 Å². The topological polar surface area (TPSA) is 136 Å². The number of nitrogens with zero attached hydrogens (tertiary/aromatic N) is 5. The molecule has 11 nitrogen and oxygen atoms in total. The predicted octanol–water partition coefficient (Wildman–Crippen LogP) is 2.18. The lowest BCUT2D eigenvalue weighted by molar-refractivity contribution is -0.0534. The lowest BCUT2D eigenvalue weighted by atomic mass is 10.1. The zero-order valence-corrected chi connectivity index (χ0v) is 18.4. The third-order valence-corrected chi connectivity index (χ3v) is 5.68. The average molecular weight is 480 g/mol. The lowest BCUT2D eigenvalue weighted by Gasteiger charge is -2.15. The maximum absolute atomic E-state index is 12.9. The fourth-order valence-electron chi connectivity index (χ4n) is 3.42. The molecular formula is C19H18F2N6O5S. The molecule has 0 spiro atoms. The minimum Gasteiger partial charge on any atom is -0.478 e. The molecule has 174 valence electrons. The van der Waals surface area contributed by atoms with Crippen molar-refractivity contribution >= 4 is 20.9 Å². The Labute approximate surface area is 186 Å². The van der Waals surface area contributed by atoms with Crippen molar-refractivity contribution in [3.8, 4) is 29.1 Å². The molecule has 0 aliphatic carbocycles. The minimum absolute atomic E-state index is 0.135. The number of sulfonamides is 1. The molecule has 0 aliphatic heterocycles. The number of rotatable bonds is 7. The quantitative estimate of drug-likeness (QED) is 0.425. The summed E-state index contributed by atoms with van der Waals surface area (Å²) in [5.74, 6) is -1.33. The zero-order chi connectivity index (χ0) is 23.9. The van der Waals surface area contributed by atoms with Crippen LogP contribution in [0.25, 0.3) is 22.5 Å². The van der Waals surface area contributed by atoms with Crippen LogP contribution in [0.3, 0.4) is 0 Å². The van der Waals surface area contributed by atoms with E-state index in [9.17, 15) is 17.2 Å². The minimum atomic E-state index is -4.16. The first-order chi connectivity index (χ1) is 15.7. The normalized spacial score (nSPS) is 11.8. The van der Waals surface area contributed by atoms with Crippen LogP contribution in [0.4, 0.5) is 8.78 Å². The van der Waals surface area contributed by atoms with Gasteiger partial charge in [-0.3, -0.25) is 4.57 Å². The van der Waals surface area contributed by atoms with Gasteiger partial charge in [-0.2, -0.15) is 23.8 Å². The molecule has 0 saturated heterocycles. The van der Waals surface area contributed by atoms with Gasteiger partial charge >= 0.3 is 6.61 Å². The summed E-state index contributed by atoms with van der Waals surface area (Å²) in [4.78, 5) is 8.10. The molecule has 0 aliphatic rings. The largest absolute Gasteiger partial charge is 0.478 e. The second-order valence-electron chi connectivity index (χ2n) is 6.74. The molecule has 0 bridgehead atoms. The van der Waals surface area contributed by atoms with E-state index in [4.69, 9.17) is 14.6 Å². The molecule has 0 saturated carbocycles. The van der Waals surface area contributed by atoms with Crippen LogP contribution >= 0.6 is 0 Å². The van der Waals surface area contributed by atoms with Crippen LogP contribution in [-0.2, 0) is 10.0 Å². The Balaban J connectivity index is 2.11. The van der Waals surface area contributed by atoms with Crippen molar-refractivity contribution in [1.82, 2.24) is 24.3 Å². The van der Waals surface area contributed by atoms with Crippen LogP contribution in [-0.4, -0.2) is 53.6 Å². The fraction of sp³-hybridized carbons (Fsp3) is 0.211. The monoisotopic (exact) mass is 480 g/mol. The van der Waals surface area contributed by atoms with Crippen molar-refractivity contribution in [2.75, 3.05) is 14.2 Å². The molecule has 14 heteroatoms. The number of ether oxygens (including phenoxy) is 3. The van der Waals surface area contributed by atoms with Crippen LogP contribution in [0.1, 0.15) is 5.56 Å². The van der Waals surface area contributed by atoms with Crippen molar-refractivity contribution in [2.24, 2.45) is 5.14 Å². The molecule has 3 heterocycles. The van der Waals surface area contributed by atoms with Gasteiger partial charge < -0.3 is 14.2 Å². The van der Waals surface area contributed by atoms with Gasteiger partial charge in [-0.1, -0.05) is 12.1 Å². The van der Waals surface area contributed by atoms with E-state index in [1.54, 1.807) is 35.3 Å². The summed E-state index contributed by atoms with van der Waals surface area (Å²) in [6, 6.07) is 5.02. The van der Waals surface area contributed by atoms with Crippen LogP contribution in [0, 0.1) is 6.92 Å². The number of alkyl halides is 2. The fourth-order valence-corrected chi connectivity index (χ4v) is 4.15. The highest BCUT2D eigenvalue weighted by Gasteiger charge is 2.26. The number of hydrogen-bond donors (Lipinski definition) is 1. The summed E-state index contributed by atoms with van der Waals surface area (Å²) in [7, 11) is -1.76. The van der Waals surface area contributed by atoms with Gasteiger partial charge in [0, 0.05) is 24.0 Å². The van der Waals surface area contributed by atoms with Crippen molar-refractivity contribution in [2.45, 2.75) is 18.4 Å². The van der Waals surface area contributed by atoms with Crippen molar-refractivity contribution in [3.05, 3.63) is 42.4 Å². The number of aromatic nitrogens is 5.